The summed E-state index contributed by atoms with van der Waals surface area (Å²) in [5, 5.41) is 12.0. The van der Waals surface area contributed by atoms with Gasteiger partial charge in [0.15, 0.2) is 0 Å². The molecule has 9 heteroatoms. The second-order valence-electron chi connectivity index (χ2n) is 7.83. The molecule has 0 aliphatic carbocycles. The predicted octanol–water partition coefficient (Wildman–Crippen LogP) is 5.07. The number of nitrogens with zero attached hydrogens (tertiary/aromatic N) is 3. The van der Waals surface area contributed by atoms with Crippen LogP contribution in [0.4, 0.5) is 10.5 Å². The summed E-state index contributed by atoms with van der Waals surface area (Å²) in [5.41, 5.74) is 2.63. The lowest BCUT2D eigenvalue weighted by molar-refractivity contribution is -0.384. The van der Waals surface area contributed by atoms with E-state index in [1.807, 2.05) is 34.6 Å². The monoisotopic (exact) mass is 449 g/mol. The molecule has 1 aromatic heterocycles. The highest BCUT2D eigenvalue weighted by Crippen LogP contribution is 2.33. The van der Waals surface area contributed by atoms with Gasteiger partial charge in [-0.05, 0) is 40.7 Å². The van der Waals surface area contributed by atoms with Gasteiger partial charge in [-0.1, -0.05) is 13.8 Å². The molecule has 0 bridgehead atoms. The number of hydrogen-bond donors (Lipinski definition) is 0. The molecule has 0 unspecified atom stereocenters. The Kier molecular flexibility index (Phi) is 10.2. The topological polar surface area (TPSA) is 104 Å². The van der Waals surface area contributed by atoms with Gasteiger partial charge in [-0.15, -0.1) is 0 Å². The highest BCUT2D eigenvalue weighted by molar-refractivity contribution is 5.88. The summed E-state index contributed by atoms with van der Waals surface area (Å²) in [4.78, 5) is 34.0. The molecule has 1 amide bonds. The fraction of sp³-hybridized carbons (Fsp3) is 0.565. The highest BCUT2D eigenvalue weighted by Gasteiger charge is 2.29. The smallest absolute Gasteiger partial charge is 0.410 e. The molecule has 32 heavy (non-hydrogen) atoms. The first-order valence-corrected chi connectivity index (χ1v) is 10.9. The highest BCUT2D eigenvalue weighted by atomic mass is 16.6. The van der Waals surface area contributed by atoms with Gasteiger partial charge in [0, 0.05) is 53.8 Å². The number of aromatic nitrogens is 1. The summed E-state index contributed by atoms with van der Waals surface area (Å²) in [6.07, 6.45) is 0.367. The molecule has 0 fully saturated rings. The van der Waals surface area contributed by atoms with E-state index in [1.165, 1.54) is 6.07 Å². The number of carbonyl (C=O) groups excluding carboxylic acids is 2. The fourth-order valence-electron chi connectivity index (χ4n) is 3.46. The van der Waals surface area contributed by atoms with Gasteiger partial charge < -0.3 is 18.9 Å². The van der Waals surface area contributed by atoms with E-state index in [4.69, 9.17) is 4.74 Å². The van der Waals surface area contributed by atoms with Gasteiger partial charge in [0.25, 0.3) is 12.2 Å². The SMILES string of the molecule is CC.CCOC=O.CCn1c2c(c3cc([N+](=O)[O-])ccc31)CN(C(=O)OC(C)(C)C)CC2. The van der Waals surface area contributed by atoms with Crippen LogP contribution in [0, 0.1) is 10.1 Å². The van der Waals surface area contributed by atoms with Crippen molar-refractivity contribution in [2.45, 2.75) is 73.6 Å². The number of rotatable bonds is 4. The first-order chi connectivity index (χ1) is 15.1. The Balaban J connectivity index is 0.000000646. The standard InChI is InChI=1S/C18H23N3O4.C3H6O2.C2H6/c1-5-20-15-7-6-12(21(23)24)10-13(15)14-11-19(9-8-16(14)20)17(22)25-18(2,3)4;1-2-5-3-4;1-2/h6-7,10H,5,8-9,11H2,1-4H3;3H,2H2,1H3;1-2H3. The maximum absolute atomic E-state index is 12.4. The van der Waals surface area contributed by atoms with Crippen molar-refractivity contribution in [1.29, 1.82) is 0 Å². The molecule has 0 saturated heterocycles. The van der Waals surface area contributed by atoms with Crippen LogP contribution >= 0.6 is 0 Å². The molecular formula is C23H35N3O6. The lowest BCUT2D eigenvalue weighted by Crippen LogP contribution is -2.40. The van der Waals surface area contributed by atoms with Crippen LogP contribution in [0.2, 0.25) is 0 Å². The normalized spacial score (nSPS) is 12.5. The van der Waals surface area contributed by atoms with Crippen molar-refractivity contribution in [3.05, 3.63) is 39.6 Å². The number of ether oxygens (including phenoxy) is 2. The average molecular weight is 450 g/mol. The maximum atomic E-state index is 12.4. The van der Waals surface area contributed by atoms with Gasteiger partial charge in [-0.2, -0.15) is 0 Å². The van der Waals surface area contributed by atoms with Gasteiger partial charge in [0.1, 0.15) is 5.60 Å². The summed E-state index contributed by atoms with van der Waals surface area (Å²) in [6, 6.07) is 4.94. The zero-order valence-electron chi connectivity index (χ0n) is 20.1. The minimum Gasteiger partial charge on any atom is -0.468 e. The van der Waals surface area contributed by atoms with Crippen molar-refractivity contribution in [3.63, 3.8) is 0 Å². The van der Waals surface area contributed by atoms with Crippen molar-refractivity contribution in [2.24, 2.45) is 0 Å². The number of aryl methyl sites for hydroxylation is 1. The van der Waals surface area contributed by atoms with Crippen LogP contribution in [0.3, 0.4) is 0 Å². The number of amides is 1. The van der Waals surface area contributed by atoms with E-state index in [2.05, 4.69) is 16.2 Å². The van der Waals surface area contributed by atoms with E-state index >= 15 is 0 Å². The largest absolute Gasteiger partial charge is 0.468 e. The molecule has 0 atom stereocenters. The van der Waals surface area contributed by atoms with Crippen LogP contribution in [0.1, 0.15) is 59.7 Å². The molecule has 0 spiro atoms. The molecule has 0 N–H and O–H groups in total. The van der Waals surface area contributed by atoms with Crippen molar-refractivity contribution >= 4 is 29.2 Å². The van der Waals surface area contributed by atoms with Crippen LogP contribution in [0.25, 0.3) is 10.9 Å². The first kappa shape index (κ1) is 26.9. The Morgan fingerprint density at radius 2 is 1.91 bits per heavy atom. The summed E-state index contributed by atoms with van der Waals surface area (Å²) < 4.78 is 11.8. The summed E-state index contributed by atoms with van der Waals surface area (Å²) in [5.74, 6) is 0. The first-order valence-electron chi connectivity index (χ1n) is 10.9. The quantitative estimate of drug-likeness (QED) is 0.367. The molecule has 0 radical (unpaired) electrons. The summed E-state index contributed by atoms with van der Waals surface area (Å²) in [6.45, 7) is 16.0. The number of non-ortho nitro benzene ring substituents is 1. The van der Waals surface area contributed by atoms with Gasteiger partial charge in [-0.25, -0.2) is 4.79 Å². The van der Waals surface area contributed by atoms with Crippen molar-refractivity contribution in [2.75, 3.05) is 13.2 Å². The lowest BCUT2D eigenvalue weighted by atomic mass is 10.0. The Bertz CT molecular complexity index is 930. The molecule has 1 aromatic carbocycles. The second kappa shape index (κ2) is 12.1. The third kappa shape index (κ3) is 6.70. The van der Waals surface area contributed by atoms with Gasteiger partial charge in [-0.3, -0.25) is 14.9 Å². The summed E-state index contributed by atoms with van der Waals surface area (Å²) >= 11 is 0. The van der Waals surface area contributed by atoms with Gasteiger partial charge in [0.2, 0.25) is 0 Å². The van der Waals surface area contributed by atoms with Crippen molar-refractivity contribution in [3.8, 4) is 0 Å². The van der Waals surface area contributed by atoms with Crippen molar-refractivity contribution < 1.29 is 24.0 Å². The summed E-state index contributed by atoms with van der Waals surface area (Å²) in [7, 11) is 0. The number of benzene rings is 1. The Morgan fingerprint density at radius 3 is 2.38 bits per heavy atom. The molecule has 3 rings (SSSR count). The molecule has 1 aliphatic heterocycles. The molecule has 2 heterocycles. The minimum absolute atomic E-state index is 0.0675. The molecule has 2 aromatic rings. The second-order valence-corrected chi connectivity index (χ2v) is 7.83. The van der Waals surface area contributed by atoms with Crippen LogP contribution in [0.5, 0.6) is 0 Å². The van der Waals surface area contributed by atoms with Gasteiger partial charge in [0.05, 0.1) is 18.1 Å². The van der Waals surface area contributed by atoms with Crippen molar-refractivity contribution in [1.82, 2.24) is 9.47 Å². The molecule has 1 aliphatic rings. The van der Waals surface area contributed by atoms with E-state index in [0.29, 0.717) is 32.6 Å². The Labute approximate surface area is 189 Å². The van der Waals surface area contributed by atoms with E-state index in [-0.39, 0.29) is 16.7 Å². The van der Waals surface area contributed by atoms with Crippen LogP contribution < -0.4 is 0 Å². The van der Waals surface area contributed by atoms with E-state index in [0.717, 1.165) is 28.7 Å². The minimum atomic E-state index is -0.548. The number of hydrogen-bond acceptors (Lipinski definition) is 6. The number of nitro benzene ring substituents is 1. The predicted molar refractivity (Wildman–Crippen MR) is 124 cm³/mol. The third-order valence-corrected chi connectivity index (χ3v) is 4.65. The Morgan fingerprint density at radius 1 is 1.25 bits per heavy atom. The molecule has 178 valence electrons. The van der Waals surface area contributed by atoms with Crippen LogP contribution in [-0.4, -0.2) is 45.7 Å². The lowest BCUT2D eigenvalue weighted by Gasteiger charge is -2.30. The molecular weight excluding hydrogens is 414 g/mol. The van der Waals surface area contributed by atoms with Crippen LogP contribution in [0.15, 0.2) is 18.2 Å². The Hall–Kier alpha value is -3.10. The van der Waals surface area contributed by atoms with Gasteiger partial charge >= 0.3 is 6.09 Å². The number of nitro groups is 1. The van der Waals surface area contributed by atoms with E-state index < -0.39 is 5.60 Å². The zero-order chi connectivity index (χ0) is 24.5. The maximum Gasteiger partial charge on any atom is 0.410 e. The zero-order valence-corrected chi connectivity index (χ0v) is 20.1. The fourth-order valence-corrected chi connectivity index (χ4v) is 3.46. The number of carbonyl (C=O) groups is 2. The molecule has 0 saturated carbocycles. The third-order valence-electron chi connectivity index (χ3n) is 4.65. The average Bonchev–Trinajstić information content (AvgIpc) is 3.07. The van der Waals surface area contributed by atoms with E-state index in [1.54, 1.807) is 24.0 Å². The number of fused-ring (bicyclic) bond motifs is 3. The van der Waals surface area contributed by atoms with E-state index in [9.17, 15) is 19.7 Å². The van der Waals surface area contributed by atoms with Crippen LogP contribution in [-0.2, 0) is 33.8 Å². The molecule has 9 nitrogen and oxygen atoms in total.